The van der Waals surface area contributed by atoms with Gasteiger partial charge in [0.2, 0.25) is 0 Å². The van der Waals surface area contributed by atoms with Crippen molar-refractivity contribution in [2.75, 3.05) is 21.3 Å². The van der Waals surface area contributed by atoms with Crippen molar-refractivity contribution in [2.24, 2.45) is 0 Å². The molecule has 152 valence electrons. The molecule has 0 aliphatic carbocycles. The molecule has 5 heteroatoms. The van der Waals surface area contributed by atoms with Crippen molar-refractivity contribution in [2.45, 2.75) is 19.7 Å². The fourth-order valence-corrected chi connectivity index (χ4v) is 3.30. The topological polar surface area (TPSA) is 39.7 Å². The smallest absolute Gasteiger partial charge is 0.161 e. The molecular weight excluding hydrogens is 369 g/mol. The van der Waals surface area contributed by atoms with Gasteiger partial charge in [0, 0.05) is 25.8 Å². The average molecular weight is 395 g/mol. The third kappa shape index (κ3) is 5.13. The number of benzene rings is 3. The van der Waals surface area contributed by atoms with Crippen LogP contribution >= 0.6 is 0 Å². The Bertz CT molecular complexity index is 944. The van der Waals surface area contributed by atoms with Gasteiger partial charge in [-0.15, -0.1) is 0 Å². The standard InChI is InChI=1S/C24H26FNO3/c1-27-16-20-11-17(9-10-22(20)25)14-26-15-19-12-23(28-2)24(29-3)13-21(19)18-7-5-4-6-8-18/h4-13,26H,14-16H2,1-3H3. The molecule has 0 aliphatic rings. The molecule has 0 radical (unpaired) electrons. The number of halogens is 1. The predicted octanol–water partition coefficient (Wildman–Crippen LogP) is 4.95. The molecule has 3 rings (SSSR count). The number of ether oxygens (including phenoxy) is 3. The molecule has 0 amide bonds. The zero-order valence-corrected chi connectivity index (χ0v) is 17.0. The van der Waals surface area contributed by atoms with Crippen LogP contribution in [0.2, 0.25) is 0 Å². The first-order valence-electron chi connectivity index (χ1n) is 9.43. The molecule has 0 aliphatic heterocycles. The van der Waals surface area contributed by atoms with E-state index >= 15 is 0 Å². The van der Waals surface area contributed by atoms with Gasteiger partial charge >= 0.3 is 0 Å². The summed E-state index contributed by atoms with van der Waals surface area (Å²) >= 11 is 0. The lowest BCUT2D eigenvalue weighted by atomic mass is 9.98. The van der Waals surface area contributed by atoms with Crippen LogP contribution in [0.25, 0.3) is 11.1 Å². The Morgan fingerprint density at radius 3 is 2.21 bits per heavy atom. The molecule has 29 heavy (non-hydrogen) atoms. The Hall–Kier alpha value is -2.89. The van der Waals surface area contributed by atoms with Crippen molar-refractivity contribution >= 4 is 0 Å². The lowest BCUT2D eigenvalue weighted by Gasteiger charge is -2.16. The Morgan fingerprint density at radius 1 is 0.793 bits per heavy atom. The number of hydrogen-bond donors (Lipinski definition) is 1. The first-order chi connectivity index (χ1) is 14.2. The van der Waals surface area contributed by atoms with Gasteiger partial charge in [-0.2, -0.15) is 0 Å². The van der Waals surface area contributed by atoms with Crippen LogP contribution in [-0.4, -0.2) is 21.3 Å². The zero-order valence-electron chi connectivity index (χ0n) is 17.0. The Labute approximate surface area is 171 Å². The van der Waals surface area contributed by atoms with Crippen LogP contribution in [0.5, 0.6) is 11.5 Å². The number of nitrogens with one attached hydrogen (secondary N) is 1. The van der Waals surface area contributed by atoms with Gasteiger partial charge in [-0.3, -0.25) is 0 Å². The monoisotopic (exact) mass is 395 g/mol. The van der Waals surface area contributed by atoms with Crippen LogP contribution in [0.15, 0.2) is 60.7 Å². The van der Waals surface area contributed by atoms with Gasteiger partial charge in [0.25, 0.3) is 0 Å². The van der Waals surface area contributed by atoms with Crippen molar-refractivity contribution in [1.82, 2.24) is 5.32 Å². The fraction of sp³-hybridized carbons (Fsp3) is 0.250. The highest BCUT2D eigenvalue weighted by atomic mass is 19.1. The minimum Gasteiger partial charge on any atom is -0.493 e. The van der Waals surface area contributed by atoms with Gasteiger partial charge in [-0.25, -0.2) is 4.39 Å². The maximum atomic E-state index is 13.8. The summed E-state index contributed by atoms with van der Waals surface area (Å²) in [5, 5.41) is 3.45. The van der Waals surface area contributed by atoms with Crippen LogP contribution in [0.3, 0.4) is 0 Å². The first-order valence-corrected chi connectivity index (χ1v) is 9.43. The highest BCUT2D eigenvalue weighted by Gasteiger charge is 2.13. The summed E-state index contributed by atoms with van der Waals surface area (Å²) in [7, 11) is 4.83. The van der Waals surface area contributed by atoms with E-state index in [0.29, 0.717) is 30.2 Å². The van der Waals surface area contributed by atoms with E-state index in [2.05, 4.69) is 17.4 Å². The quantitative estimate of drug-likeness (QED) is 0.557. The van der Waals surface area contributed by atoms with Crippen LogP contribution in [0, 0.1) is 5.82 Å². The van der Waals surface area contributed by atoms with E-state index in [4.69, 9.17) is 14.2 Å². The summed E-state index contributed by atoms with van der Waals surface area (Å²) in [5.41, 5.74) is 4.83. The largest absolute Gasteiger partial charge is 0.493 e. The molecule has 0 spiro atoms. The van der Waals surface area contributed by atoms with Crippen molar-refractivity contribution in [3.05, 3.63) is 83.2 Å². The second kappa shape index (κ2) is 10.0. The zero-order chi connectivity index (χ0) is 20.6. The third-order valence-corrected chi connectivity index (χ3v) is 4.75. The molecule has 4 nitrogen and oxygen atoms in total. The van der Waals surface area contributed by atoms with E-state index < -0.39 is 0 Å². The van der Waals surface area contributed by atoms with E-state index in [1.807, 2.05) is 36.4 Å². The van der Waals surface area contributed by atoms with Gasteiger partial charge in [0.15, 0.2) is 11.5 Å². The minimum absolute atomic E-state index is 0.248. The molecule has 1 N–H and O–H groups in total. The lowest BCUT2D eigenvalue weighted by Crippen LogP contribution is -2.14. The number of methoxy groups -OCH3 is 3. The van der Waals surface area contributed by atoms with E-state index in [-0.39, 0.29) is 12.4 Å². The van der Waals surface area contributed by atoms with E-state index in [1.54, 1.807) is 27.4 Å². The molecule has 0 fully saturated rings. The number of rotatable bonds is 9. The van der Waals surface area contributed by atoms with Crippen molar-refractivity contribution in [3.63, 3.8) is 0 Å². The maximum absolute atomic E-state index is 13.8. The SMILES string of the molecule is COCc1cc(CNCc2cc(OC)c(OC)cc2-c2ccccc2)ccc1F. The van der Waals surface area contributed by atoms with E-state index in [1.165, 1.54) is 6.07 Å². The third-order valence-electron chi connectivity index (χ3n) is 4.75. The molecule has 3 aromatic carbocycles. The van der Waals surface area contributed by atoms with Crippen LogP contribution < -0.4 is 14.8 Å². The van der Waals surface area contributed by atoms with E-state index in [0.717, 1.165) is 22.3 Å². The Morgan fingerprint density at radius 2 is 1.52 bits per heavy atom. The van der Waals surface area contributed by atoms with Crippen LogP contribution in [0.1, 0.15) is 16.7 Å². The molecule has 0 heterocycles. The van der Waals surface area contributed by atoms with Gasteiger partial charge in [0.05, 0.1) is 20.8 Å². The average Bonchev–Trinajstić information content (AvgIpc) is 2.76. The summed E-state index contributed by atoms with van der Waals surface area (Å²) in [6.45, 7) is 1.49. The summed E-state index contributed by atoms with van der Waals surface area (Å²) in [6, 6.07) is 19.3. The predicted molar refractivity (Wildman–Crippen MR) is 113 cm³/mol. The summed E-state index contributed by atoms with van der Waals surface area (Å²) < 4.78 is 29.8. The van der Waals surface area contributed by atoms with Gasteiger partial charge in [0.1, 0.15) is 5.82 Å². The molecular formula is C24H26FNO3. The Balaban J connectivity index is 1.82. The second-order valence-corrected chi connectivity index (χ2v) is 6.69. The first kappa shape index (κ1) is 20.8. The normalized spacial score (nSPS) is 10.8. The Kier molecular flexibility index (Phi) is 7.22. The highest BCUT2D eigenvalue weighted by Crippen LogP contribution is 2.35. The number of hydrogen-bond acceptors (Lipinski definition) is 4. The van der Waals surface area contributed by atoms with Crippen LogP contribution in [0.4, 0.5) is 4.39 Å². The maximum Gasteiger partial charge on any atom is 0.161 e. The molecule has 0 bridgehead atoms. The second-order valence-electron chi connectivity index (χ2n) is 6.69. The highest BCUT2D eigenvalue weighted by molar-refractivity contribution is 5.71. The molecule has 0 saturated heterocycles. The molecule has 3 aromatic rings. The lowest BCUT2D eigenvalue weighted by molar-refractivity contribution is 0.181. The van der Waals surface area contributed by atoms with Crippen LogP contribution in [-0.2, 0) is 24.4 Å². The van der Waals surface area contributed by atoms with Crippen molar-refractivity contribution < 1.29 is 18.6 Å². The molecule has 0 unspecified atom stereocenters. The minimum atomic E-state index is -0.248. The fourth-order valence-electron chi connectivity index (χ4n) is 3.30. The van der Waals surface area contributed by atoms with Crippen molar-refractivity contribution in [1.29, 1.82) is 0 Å². The summed E-state index contributed by atoms with van der Waals surface area (Å²) in [4.78, 5) is 0. The molecule has 0 aromatic heterocycles. The van der Waals surface area contributed by atoms with Gasteiger partial charge in [-0.1, -0.05) is 36.4 Å². The van der Waals surface area contributed by atoms with E-state index in [9.17, 15) is 4.39 Å². The van der Waals surface area contributed by atoms with Gasteiger partial charge < -0.3 is 19.5 Å². The molecule has 0 saturated carbocycles. The van der Waals surface area contributed by atoms with Crippen molar-refractivity contribution in [3.8, 4) is 22.6 Å². The molecule has 0 atom stereocenters. The summed E-state index contributed by atoms with van der Waals surface area (Å²) in [6.07, 6.45) is 0. The summed E-state index contributed by atoms with van der Waals surface area (Å²) in [5.74, 6) is 1.13. The van der Waals surface area contributed by atoms with Gasteiger partial charge in [-0.05, 0) is 46.5 Å².